The number of hydrogen-bond donors (Lipinski definition) is 2. The van der Waals surface area contributed by atoms with Crippen LogP contribution in [0, 0.1) is 6.92 Å². The van der Waals surface area contributed by atoms with E-state index in [0.717, 1.165) is 11.3 Å². The molecule has 1 amide bonds. The quantitative estimate of drug-likeness (QED) is 0.881. The Balaban J connectivity index is 2.17. The number of carbonyl (C=O) groups excluding carboxylic acids is 1. The molecule has 20 heavy (non-hydrogen) atoms. The second kappa shape index (κ2) is 5.29. The summed E-state index contributed by atoms with van der Waals surface area (Å²) in [5.74, 6) is 0.235. The molecule has 0 saturated carbocycles. The highest BCUT2D eigenvalue weighted by Crippen LogP contribution is 2.23. The lowest BCUT2D eigenvalue weighted by atomic mass is 9.92. The molecule has 0 fully saturated rings. The van der Waals surface area contributed by atoms with E-state index in [-0.39, 0.29) is 11.3 Å². The van der Waals surface area contributed by atoms with Gasteiger partial charge in [-0.15, -0.1) is 0 Å². The zero-order valence-corrected chi connectivity index (χ0v) is 12.8. The third-order valence-corrected chi connectivity index (χ3v) is 3.31. The fraction of sp³-hybridized carbons (Fsp3) is 0.333. The Morgan fingerprint density at radius 3 is 2.55 bits per heavy atom. The summed E-state index contributed by atoms with van der Waals surface area (Å²) in [4.78, 5) is 12.2. The number of aromatic nitrogens is 2. The number of carbonyl (C=O) groups is 1. The molecule has 4 nitrogen and oxygen atoms in total. The largest absolute Gasteiger partial charge is 0.305 e. The van der Waals surface area contributed by atoms with Crippen LogP contribution in [0.2, 0.25) is 5.02 Å². The maximum absolute atomic E-state index is 12.2. The normalized spacial score (nSPS) is 11.4. The third-order valence-electron chi connectivity index (χ3n) is 3.00. The summed E-state index contributed by atoms with van der Waals surface area (Å²) in [5, 5.41) is 10.2. The van der Waals surface area contributed by atoms with Gasteiger partial charge in [0.1, 0.15) is 0 Å². The van der Waals surface area contributed by atoms with Gasteiger partial charge in [0.05, 0.1) is 10.6 Å². The number of aryl methyl sites for hydroxylation is 1. The zero-order valence-electron chi connectivity index (χ0n) is 12.0. The fourth-order valence-electron chi connectivity index (χ4n) is 1.76. The molecule has 106 valence electrons. The van der Waals surface area contributed by atoms with E-state index >= 15 is 0 Å². The van der Waals surface area contributed by atoms with Crippen molar-refractivity contribution >= 4 is 23.3 Å². The summed E-state index contributed by atoms with van der Waals surface area (Å²) < 4.78 is 0. The molecule has 1 aromatic heterocycles. The summed E-state index contributed by atoms with van der Waals surface area (Å²) in [6.45, 7) is 8.14. The van der Waals surface area contributed by atoms with Crippen molar-refractivity contribution in [2.45, 2.75) is 33.1 Å². The average Bonchev–Trinajstić information content (AvgIpc) is 2.76. The minimum atomic E-state index is -0.262. The van der Waals surface area contributed by atoms with E-state index in [1.807, 2.05) is 19.1 Å². The van der Waals surface area contributed by atoms with Gasteiger partial charge < -0.3 is 5.32 Å². The van der Waals surface area contributed by atoms with Crippen LogP contribution in [0.1, 0.15) is 42.4 Å². The van der Waals surface area contributed by atoms with Crippen molar-refractivity contribution < 1.29 is 4.79 Å². The molecular formula is C15H18ClN3O. The van der Waals surface area contributed by atoms with Crippen molar-refractivity contribution in [2.24, 2.45) is 0 Å². The standard InChI is InChI=1S/C15H18ClN3O/c1-9-5-6-10(11(16)7-9)14(20)17-13-8-12(18-19-13)15(2,3)4/h5-8H,1-4H3,(H2,17,18,19,20). The topological polar surface area (TPSA) is 57.8 Å². The van der Waals surface area contributed by atoms with E-state index in [2.05, 4.69) is 36.3 Å². The summed E-state index contributed by atoms with van der Waals surface area (Å²) >= 11 is 6.08. The smallest absolute Gasteiger partial charge is 0.258 e. The molecule has 0 aliphatic rings. The van der Waals surface area contributed by atoms with E-state index in [1.165, 1.54) is 0 Å². The minimum absolute atomic E-state index is 0.0442. The number of nitrogens with zero attached hydrogens (tertiary/aromatic N) is 1. The number of benzene rings is 1. The maximum atomic E-state index is 12.2. The SMILES string of the molecule is Cc1ccc(C(=O)Nc2cc(C(C)(C)C)[nH]n2)c(Cl)c1. The van der Waals surface area contributed by atoms with Gasteiger partial charge in [-0.2, -0.15) is 5.10 Å². The zero-order chi connectivity index (χ0) is 14.9. The molecule has 2 rings (SSSR count). The van der Waals surface area contributed by atoms with Crippen molar-refractivity contribution in [2.75, 3.05) is 5.32 Å². The predicted octanol–water partition coefficient (Wildman–Crippen LogP) is 3.92. The molecule has 0 aliphatic heterocycles. The molecule has 2 aromatic rings. The Bertz CT molecular complexity index is 641. The van der Waals surface area contributed by atoms with E-state index < -0.39 is 0 Å². The van der Waals surface area contributed by atoms with Gasteiger partial charge in [-0.05, 0) is 24.6 Å². The average molecular weight is 292 g/mol. The second-order valence-corrected chi connectivity index (χ2v) is 6.26. The first-order valence-electron chi connectivity index (χ1n) is 6.41. The van der Waals surface area contributed by atoms with Gasteiger partial charge in [-0.3, -0.25) is 9.89 Å². The number of anilines is 1. The van der Waals surface area contributed by atoms with Crippen LogP contribution >= 0.6 is 11.6 Å². The highest BCUT2D eigenvalue weighted by atomic mass is 35.5. The van der Waals surface area contributed by atoms with Crippen molar-refractivity contribution in [3.05, 3.63) is 46.1 Å². The molecule has 2 N–H and O–H groups in total. The van der Waals surface area contributed by atoms with Gasteiger partial charge in [0.15, 0.2) is 5.82 Å². The predicted molar refractivity (Wildman–Crippen MR) is 81.4 cm³/mol. The molecule has 0 bridgehead atoms. The third kappa shape index (κ3) is 3.20. The highest BCUT2D eigenvalue weighted by Gasteiger charge is 2.18. The Hall–Kier alpha value is -1.81. The number of hydrogen-bond acceptors (Lipinski definition) is 2. The molecule has 0 spiro atoms. The van der Waals surface area contributed by atoms with E-state index in [0.29, 0.717) is 16.4 Å². The summed E-state index contributed by atoms with van der Waals surface area (Å²) in [7, 11) is 0. The molecule has 0 aliphatic carbocycles. The summed E-state index contributed by atoms with van der Waals surface area (Å²) in [6, 6.07) is 7.16. The van der Waals surface area contributed by atoms with Crippen LogP contribution in [0.3, 0.4) is 0 Å². The van der Waals surface area contributed by atoms with Gasteiger partial charge in [0.2, 0.25) is 0 Å². The summed E-state index contributed by atoms with van der Waals surface area (Å²) in [6.07, 6.45) is 0. The number of H-pyrrole nitrogens is 1. The number of rotatable bonds is 2. The number of amides is 1. The highest BCUT2D eigenvalue weighted by molar-refractivity contribution is 6.34. The Morgan fingerprint density at radius 2 is 2.00 bits per heavy atom. The Kier molecular flexibility index (Phi) is 3.86. The number of aromatic amines is 1. The van der Waals surface area contributed by atoms with Gasteiger partial charge >= 0.3 is 0 Å². The van der Waals surface area contributed by atoms with Crippen molar-refractivity contribution in [3.8, 4) is 0 Å². The van der Waals surface area contributed by atoms with Gasteiger partial charge in [-0.25, -0.2) is 0 Å². The molecular weight excluding hydrogens is 274 g/mol. The molecule has 1 aromatic carbocycles. The van der Waals surface area contributed by atoms with Crippen molar-refractivity contribution in [1.82, 2.24) is 10.2 Å². The van der Waals surface area contributed by atoms with Crippen LogP contribution < -0.4 is 5.32 Å². The summed E-state index contributed by atoms with van der Waals surface area (Å²) in [5.41, 5.74) is 2.37. The van der Waals surface area contributed by atoms with Gasteiger partial charge in [-0.1, -0.05) is 38.4 Å². The van der Waals surface area contributed by atoms with Crippen LogP contribution in [0.15, 0.2) is 24.3 Å². The molecule has 0 radical (unpaired) electrons. The van der Waals surface area contributed by atoms with Crippen LogP contribution in [0.4, 0.5) is 5.82 Å². The first kappa shape index (κ1) is 14.6. The van der Waals surface area contributed by atoms with Crippen molar-refractivity contribution in [1.29, 1.82) is 0 Å². The van der Waals surface area contributed by atoms with Crippen LogP contribution in [0.5, 0.6) is 0 Å². The molecule has 1 heterocycles. The van der Waals surface area contributed by atoms with Crippen LogP contribution in [-0.2, 0) is 5.41 Å². The Morgan fingerprint density at radius 1 is 1.30 bits per heavy atom. The molecule has 0 atom stereocenters. The Labute approximate surface area is 123 Å². The molecule has 0 saturated heterocycles. The van der Waals surface area contributed by atoms with Gasteiger partial charge in [0.25, 0.3) is 5.91 Å². The molecule has 5 heteroatoms. The first-order chi connectivity index (χ1) is 9.27. The lowest BCUT2D eigenvalue weighted by Crippen LogP contribution is -2.13. The van der Waals surface area contributed by atoms with Crippen LogP contribution in [0.25, 0.3) is 0 Å². The number of nitrogens with one attached hydrogen (secondary N) is 2. The van der Waals surface area contributed by atoms with E-state index in [9.17, 15) is 4.79 Å². The lowest BCUT2D eigenvalue weighted by molar-refractivity contribution is 0.102. The maximum Gasteiger partial charge on any atom is 0.258 e. The first-order valence-corrected chi connectivity index (χ1v) is 6.78. The van der Waals surface area contributed by atoms with Crippen LogP contribution in [-0.4, -0.2) is 16.1 Å². The second-order valence-electron chi connectivity index (χ2n) is 5.85. The minimum Gasteiger partial charge on any atom is -0.305 e. The van der Waals surface area contributed by atoms with E-state index in [4.69, 9.17) is 11.6 Å². The lowest BCUT2D eigenvalue weighted by Gasteiger charge is -2.14. The number of halogens is 1. The molecule has 0 unspecified atom stereocenters. The van der Waals surface area contributed by atoms with Gasteiger partial charge in [0, 0.05) is 17.2 Å². The monoisotopic (exact) mass is 291 g/mol. The fourth-order valence-corrected chi connectivity index (χ4v) is 2.08. The van der Waals surface area contributed by atoms with Crippen molar-refractivity contribution in [3.63, 3.8) is 0 Å². The van der Waals surface area contributed by atoms with E-state index in [1.54, 1.807) is 12.1 Å².